The molecule has 8 heteroatoms. The first-order valence-corrected chi connectivity index (χ1v) is 9.04. The molecule has 3 heterocycles. The molecule has 0 spiro atoms. The molecule has 3 aromatic heterocycles. The molecule has 4 rings (SSSR count). The fourth-order valence-electron chi connectivity index (χ4n) is 2.99. The molecule has 1 amide bonds. The summed E-state index contributed by atoms with van der Waals surface area (Å²) >= 11 is 5.99. The zero-order chi connectivity index (χ0) is 20.4. The number of aromatic nitrogens is 3. The Labute approximate surface area is 170 Å². The van der Waals surface area contributed by atoms with Gasteiger partial charge in [-0.25, -0.2) is 9.37 Å². The number of carbonyl (C=O) groups is 2. The van der Waals surface area contributed by atoms with Crippen molar-refractivity contribution in [2.75, 3.05) is 5.32 Å². The van der Waals surface area contributed by atoms with E-state index in [1.165, 1.54) is 30.6 Å². The summed E-state index contributed by atoms with van der Waals surface area (Å²) in [4.78, 5) is 33.5. The summed E-state index contributed by atoms with van der Waals surface area (Å²) in [6, 6.07) is 11.0. The van der Waals surface area contributed by atoms with Gasteiger partial charge >= 0.3 is 0 Å². The quantitative estimate of drug-likeness (QED) is 0.398. The van der Waals surface area contributed by atoms with Gasteiger partial charge in [-0.05, 0) is 35.9 Å². The van der Waals surface area contributed by atoms with Crippen LogP contribution in [0.1, 0.15) is 15.9 Å². The van der Waals surface area contributed by atoms with Gasteiger partial charge in [0.2, 0.25) is 0 Å². The van der Waals surface area contributed by atoms with Gasteiger partial charge in [0.25, 0.3) is 11.7 Å². The Morgan fingerprint density at radius 1 is 1.10 bits per heavy atom. The lowest BCUT2D eigenvalue weighted by Gasteiger charge is -2.05. The Morgan fingerprint density at radius 3 is 2.66 bits per heavy atom. The number of hydrogen-bond donors (Lipinski definition) is 1. The van der Waals surface area contributed by atoms with Crippen molar-refractivity contribution in [1.82, 2.24) is 14.5 Å². The summed E-state index contributed by atoms with van der Waals surface area (Å²) in [5, 5.41) is 3.29. The van der Waals surface area contributed by atoms with Crippen molar-refractivity contribution in [3.05, 3.63) is 89.2 Å². The van der Waals surface area contributed by atoms with Crippen LogP contribution < -0.4 is 5.32 Å². The van der Waals surface area contributed by atoms with Gasteiger partial charge in [-0.15, -0.1) is 0 Å². The lowest BCUT2D eigenvalue weighted by atomic mass is 10.1. The first-order chi connectivity index (χ1) is 14.0. The van der Waals surface area contributed by atoms with Crippen molar-refractivity contribution in [3.8, 4) is 0 Å². The molecule has 0 unspecified atom stereocenters. The van der Waals surface area contributed by atoms with Crippen LogP contribution in [0.15, 0.2) is 67.3 Å². The van der Waals surface area contributed by atoms with Gasteiger partial charge < -0.3 is 9.88 Å². The van der Waals surface area contributed by atoms with E-state index < -0.39 is 11.7 Å². The third-order valence-electron chi connectivity index (χ3n) is 4.37. The van der Waals surface area contributed by atoms with E-state index in [4.69, 9.17) is 11.6 Å². The number of nitrogens with zero attached hydrogens (tertiary/aromatic N) is 3. The van der Waals surface area contributed by atoms with Crippen molar-refractivity contribution in [1.29, 1.82) is 0 Å². The Morgan fingerprint density at radius 2 is 1.90 bits per heavy atom. The molecule has 0 atom stereocenters. The fourth-order valence-corrected chi connectivity index (χ4v) is 3.16. The zero-order valence-corrected chi connectivity index (χ0v) is 15.7. The van der Waals surface area contributed by atoms with Gasteiger partial charge in [0.05, 0.1) is 16.3 Å². The number of ketones is 1. The highest BCUT2D eigenvalue weighted by molar-refractivity contribution is 6.49. The molecule has 1 aromatic carbocycles. The molecule has 0 bridgehead atoms. The average molecular weight is 409 g/mol. The SMILES string of the molecule is O=C(Nc1ccncc1Cl)C(=O)c1cn(Cc2ccc(F)cc2)c2ncccc12. The highest BCUT2D eigenvalue weighted by Gasteiger charge is 2.23. The van der Waals surface area contributed by atoms with Gasteiger partial charge in [0.1, 0.15) is 11.5 Å². The minimum atomic E-state index is -0.817. The molecular formula is C21H14ClFN4O2. The highest BCUT2D eigenvalue weighted by atomic mass is 35.5. The topological polar surface area (TPSA) is 76.9 Å². The number of Topliss-reactive ketones (excluding diaryl/α,β-unsaturated/α-hetero) is 1. The second kappa shape index (κ2) is 7.81. The summed E-state index contributed by atoms with van der Waals surface area (Å²) in [6.07, 6.45) is 6.02. The number of amides is 1. The number of benzene rings is 1. The van der Waals surface area contributed by atoms with Gasteiger partial charge in [0, 0.05) is 36.7 Å². The van der Waals surface area contributed by atoms with E-state index in [1.807, 2.05) is 0 Å². The lowest BCUT2D eigenvalue weighted by Crippen LogP contribution is -2.23. The molecule has 4 aromatic rings. The van der Waals surface area contributed by atoms with Crippen LogP contribution in [-0.2, 0) is 11.3 Å². The molecule has 0 aliphatic rings. The maximum absolute atomic E-state index is 13.2. The first-order valence-electron chi connectivity index (χ1n) is 8.66. The largest absolute Gasteiger partial charge is 0.327 e. The van der Waals surface area contributed by atoms with Crippen LogP contribution in [-0.4, -0.2) is 26.2 Å². The van der Waals surface area contributed by atoms with Crippen molar-refractivity contribution >= 4 is 40.0 Å². The van der Waals surface area contributed by atoms with E-state index in [-0.39, 0.29) is 16.4 Å². The maximum Gasteiger partial charge on any atom is 0.296 e. The molecule has 144 valence electrons. The van der Waals surface area contributed by atoms with E-state index in [0.717, 1.165) is 5.56 Å². The van der Waals surface area contributed by atoms with Gasteiger partial charge in [-0.2, -0.15) is 0 Å². The standard InChI is InChI=1S/C21H14ClFN4O2/c22-17-10-24-9-7-18(17)26-21(29)19(28)16-12-27(20-15(16)2-1-8-25-20)11-13-3-5-14(23)6-4-13/h1-10,12H,11H2,(H,24,26,29). The normalized spacial score (nSPS) is 10.8. The number of fused-ring (bicyclic) bond motifs is 1. The minimum Gasteiger partial charge on any atom is -0.327 e. The monoisotopic (exact) mass is 408 g/mol. The Bertz CT molecular complexity index is 1220. The van der Waals surface area contributed by atoms with Crippen molar-refractivity contribution < 1.29 is 14.0 Å². The number of nitrogens with one attached hydrogen (secondary N) is 1. The van der Waals surface area contributed by atoms with Gasteiger partial charge in [0.15, 0.2) is 0 Å². The first kappa shape index (κ1) is 18.8. The summed E-state index contributed by atoms with van der Waals surface area (Å²) in [7, 11) is 0. The molecule has 1 N–H and O–H groups in total. The summed E-state index contributed by atoms with van der Waals surface area (Å²) in [5.41, 5.74) is 1.90. The van der Waals surface area contributed by atoms with E-state index in [2.05, 4.69) is 15.3 Å². The average Bonchev–Trinajstić information content (AvgIpc) is 3.09. The molecule has 0 saturated carbocycles. The molecule has 0 saturated heterocycles. The number of pyridine rings is 2. The second-order valence-corrected chi connectivity index (χ2v) is 6.72. The second-order valence-electron chi connectivity index (χ2n) is 6.31. The number of carbonyl (C=O) groups excluding carboxylic acids is 2. The van der Waals surface area contributed by atoms with Gasteiger partial charge in [-0.1, -0.05) is 23.7 Å². The Balaban J connectivity index is 1.66. The lowest BCUT2D eigenvalue weighted by molar-refractivity contribution is -0.112. The van der Waals surface area contributed by atoms with Crippen LogP contribution in [0, 0.1) is 5.82 Å². The summed E-state index contributed by atoms with van der Waals surface area (Å²) in [6.45, 7) is 0.374. The minimum absolute atomic E-state index is 0.220. The van der Waals surface area contributed by atoms with Crippen molar-refractivity contribution in [2.45, 2.75) is 6.54 Å². The third kappa shape index (κ3) is 3.86. The number of halogens is 2. The maximum atomic E-state index is 13.2. The molecule has 0 aliphatic carbocycles. The van der Waals surface area contributed by atoms with E-state index in [0.29, 0.717) is 23.3 Å². The van der Waals surface area contributed by atoms with E-state index in [1.54, 1.807) is 41.2 Å². The van der Waals surface area contributed by atoms with Crippen LogP contribution >= 0.6 is 11.6 Å². The number of rotatable bonds is 5. The van der Waals surface area contributed by atoms with Crippen LogP contribution in [0.4, 0.5) is 10.1 Å². The predicted molar refractivity (Wildman–Crippen MR) is 107 cm³/mol. The molecule has 0 aliphatic heterocycles. The predicted octanol–water partition coefficient (Wildman–Crippen LogP) is 4.09. The third-order valence-corrected chi connectivity index (χ3v) is 4.67. The van der Waals surface area contributed by atoms with E-state index >= 15 is 0 Å². The van der Waals surface area contributed by atoms with E-state index in [9.17, 15) is 14.0 Å². The van der Waals surface area contributed by atoms with Gasteiger partial charge in [-0.3, -0.25) is 14.6 Å². The zero-order valence-electron chi connectivity index (χ0n) is 15.0. The highest BCUT2D eigenvalue weighted by Crippen LogP contribution is 2.23. The van der Waals surface area contributed by atoms with Crippen LogP contribution in [0.2, 0.25) is 5.02 Å². The molecule has 0 fully saturated rings. The fraction of sp³-hybridized carbons (Fsp3) is 0.0476. The van der Waals surface area contributed by atoms with Crippen LogP contribution in [0.25, 0.3) is 11.0 Å². The Kier molecular flexibility index (Phi) is 5.05. The smallest absolute Gasteiger partial charge is 0.296 e. The van der Waals surface area contributed by atoms with Crippen LogP contribution in [0.3, 0.4) is 0 Å². The Hall–Kier alpha value is -3.58. The molecular weight excluding hydrogens is 395 g/mol. The van der Waals surface area contributed by atoms with Crippen molar-refractivity contribution in [2.24, 2.45) is 0 Å². The number of hydrogen-bond acceptors (Lipinski definition) is 4. The molecule has 29 heavy (non-hydrogen) atoms. The molecule has 6 nitrogen and oxygen atoms in total. The summed E-state index contributed by atoms with van der Waals surface area (Å²) < 4.78 is 14.9. The van der Waals surface area contributed by atoms with Crippen molar-refractivity contribution in [3.63, 3.8) is 0 Å². The molecule has 0 radical (unpaired) electrons. The van der Waals surface area contributed by atoms with Crippen LogP contribution in [0.5, 0.6) is 0 Å². The number of anilines is 1. The summed E-state index contributed by atoms with van der Waals surface area (Å²) in [5.74, 6) is -1.86.